The first-order chi connectivity index (χ1) is 11.1. The minimum absolute atomic E-state index is 0.0506. The SMILES string of the molecule is O=C(C1CN(Cc2c(F)cccc2Cl)CCO1)N1CCSCC1. The number of morpholine rings is 1. The Morgan fingerprint density at radius 2 is 2.13 bits per heavy atom. The third-order valence-corrected chi connectivity index (χ3v) is 5.49. The number of hydrogen-bond donors (Lipinski definition) is 0. The lowest BCUT2D eigenvalue weighted by molar-refractivity contribution is -0.149. The van der Waals surface area contributed by atoms with Crippen molar-refractivity contribution in [1.29, 1.82) is 0 Å². The van der Waals surface area contributed by atoms with Crippen LogP contribution in [0.15, 0.2) is 18.2 Å². The van der Waals surface area contributed by atoms with E-state index in [2.05, 4.69) is 0 Å². The van der Waals surface area contributed by atoms with Crippen LogP contribution in [0.1, 0.15) is 5.56 Å². The number of amides is 1. The molecule has 1 aromatic carbocycles. The lowest BCUT2D eigenvalue weighted by atomic mass is 10.1. The second-order valence-electron chi connectivity index (χ2n) is 5.73. The minimum Gasteiger partial charge on any atom is -0.366 e. The first-order valence-electron chi connectivity index (χ1n) is 7.78. The molecule has 1 aromatic rings. The third-order valence-electron chi connectivity index (χ3n) is 4.19. The quantitative estimate of drug-likeness (QED) is 0.829. The molecule has 1 atom stereocenters. The molecule has 23 heavy (non-hydrogen) atoms. The number of halogens is 2. The summed E-state index contributed by atoms with van der Waals surface area (Å²) in [7, 11) is 0. The molecule has 0 saturated carbocycles. The molecule has 1 amide bonds. The van der Waals surface area contributed by atoms with Gasteiger partial charge in [0.2, 0.25) is 0 Å². The van der Waals surface area contributed by atoms with Crippen molar-refractivity contribution in [3.8, 4) is 0 Å². The van der Waals surface area contributed by atoms with Crippen LogP contribution in [0.2, 0.25) is 5.02 Å². The standard InChI is InChI=1S/C16H20ClFN2O2S/c17-13-2-1-3-14(18)12(13)10-19-4-7-22-15(11-19)16(21)20-5-8-23-9-6-20/h1-3,15H,4-11H2. The van der Waals surface area contributed by atoms with Crippen LogP contribution in [0, 0.1) is 5.82 Å². The first-order valence-corrected chi connectivity index (χ1v) is 9.32. The molecule has 0 N–H and O–H groups in total. The molecule has 3 rings (SSSR count). The maximum absolute atomic E-state index is 13.9. The first kappa shape index (κ1) is 17.0. The van der Waals surface area contributed by atoms with Crippen molar-refractivity contribution >= 4 is 29.3 Å². The Labute approximate surface area is 144 Å². The minimum atomic E-state index is -0.461. The van der Waals surface area contributed by atoms with Crippen molar-refractivity contribution in [3.05, 3.63) is 34.6 Å². The Bertz CT molecular complexity index is 549. The molecule has 0 bridgehead atoms. The largest absolute Gasteiger partial charge is 0.366 e. The van der Waals surface area contributed by atoms with Crippen molar-refractivity contribution in [2.24, 2.45) is 0 Å². The lowest BCUT2D eigenvalue weighted by Gasteiger charge is -2.36. The van der Waals surface area contributed by atoms with Crippen LogP contribution in [0.5, 0.6) is 0 Å². The van der Waals surface area contributed by atoms with E-state index >= 15 is 0 Å². The summed E-state index contributed by atoms with van der Waals surface area (Å²) in [5.74, 6) is 1.70. The van der Waals surface area contributed by atoms with Crippen molar-refractivity contribution < 1.29 is 13.9 Å². The zero-order chi connectivity index (χ0) is 16.2. The number of hydrogen-bond acceptors (Lipinski definition) is 4. The van der Waals surface area contributed by atoms with Gasteiger partial charge in [-0.3, -0.25) is 9.69 Å². The van der Waals surface area contributed by atoms with Gasteiger partial charge in [0.1, 0.15) is 11.9 Å². The van der Waals surface area contributed by atoms with Crippen molar-refractivity contribution in [3.63, 3.8) is 0 Å². The predicted molar refractivity (Wildman–Crippen MR) is 90.3 cm³/mol. The van der Waals surface area contributed by atoms with Crippen LogP contribution < -0.4 is 0 Å². The van der Waals surface area contributed by atoms with Gasteiger partial charge in [0.15, 0.2) is 0 Å². The number of carbonyl (C=O) groups excluding carboxylic acids is 1. The van der Waals surface area contributed by atoms with E-state index in [1.165, 1.54) is 6.07 Å². The highest BCUT2D eigenvalue weighted by molar-refractivity contribution is 7.99. The summed E-state index contributed by atoms with van der Waals surface area (Å²) in [6.07, 6.45) is -0.461. The van der Waals surface area contributed by atoms with Crippen molar-refractivity contribution in [2.45, 2.75) is 12.6 Å². The fourth-order valence-electron chi connectivity index (χ4n) is 2.89. The maximum Gasteiger partial charge on any atom is 0.253 e. The molecule has 0 spiro atoms. The molecule has 2 fully saturated rings. The second kappa shape index (κ2) is 7.83. The van der Waals surface area contributed by atoms with E-state index in [-0.39, 0.29) is 11.7 Å². The highest BCUT2D eigenvalue weighted by atomic mass is 35.5. The number of thioether (sulfide) groups is 1. The predicted octanol–water partition coefficient (Wildman–Crippen LogP) is 2.26. The van der Waals surface area contributed by atoms with Crippen LogP contribution in [0.25, 0.3) is 0 Å². The van der Waals surface area contributed by atoms with Crippen LogP contribution in [0.4, 0.5) is 4.39 Å². The molecule has 2 aliphatic heterocycles. The molecule has 126 valence electrons. The van der Waals surface area contributed by atoms with E-state index in [4.69, 9.17) is 16.3 Å². The van der Waals surface area contributed by atoms with E-state index < -0.39 is 6.10 Å². The smallest absolute Gasteiger partial charge is 0.253 e. The maximum atomic E-state index is 13.9. The normalized spacial score (nSPS) is 23.0. The van der Waals surface area contributed by atoms with E-state index in [0.717, 1.165) is 24.6 Å². The molecule has 2 heterocycles. The highest BCUT2D eigenvalue weighted by Gasteiger charge is 2.31. The van der Waals surface area contributed by atoms with Gasteiger partial charge in [0.25, 0.3) is 5.91 Å². The molecular formula is C16H20ClFN2O2S. The van der Waals surface area contributed by atoms with Gasteiger partial charge in [-0.25, -0.2) is 4.39 Å². The summed E-state index contributed by atoms with van der Waals surface area (Å²) in [6, 6.07) is 4.70. The van der Waals surface area contributed by atoms with Crippen LogP contribution in [-0.2, 0) is 16.1 Å². The molecule has 0 aliphatic carbocycles. The van der Waals surface area contributed by atoms with E-state index in [9.17, 15) is 9.18 Å². The molecule has 7 heteroatoms. The van der Waals surface area contributed by atoms with Crippen LogP contribution in [0.3, 0.4) is 0 Å². The van der Waals surface area contributed by atoms with Gasteiger partial charge >= 0.3 is 0 Å². The highest BCUT2D eigenvalue weighted by Crippen LogP contribution is 2.22. The van der Waals surface area contributed by atoms with Crippen molar-refractivity contribution in [1.82, 2.24) is 9.80 Å². The summed E-state index contributed by atoms with van der Waals surface area (Å²) in [4.78, 5) is 16.5. The summed E-state index contributed by atoms with van der Waals surface area (Å²) < 4.78 is 19.6. The zero-order valence-electron chi connectivity index (χ0n) is 12.8. The average molecular weight is 359 g/mol. The molecule has 0 radical (unpaired) electrons. The average Bonchev–Trinajstić information content (AvgIpc) is 2.59. The van der Waals surface area contributed by atoms with E-state index in [0.29, 0.717) is 36.8 Å². The summed E-state index contributed by atoms with van der Waals surface area (Å²) in [5.41, 5.74) is 0.483. The Morgan fingerprint density at radius 3 is 2.87 bits per heavy atom. The Hall–Kier alpha value is -0.820. The molecule has 2 aliphatic rings. The monoisotopic (exact) mass is 358 g/mol. The molecule has 1 unspecified atom stereocenters. The van der Waals surface area contributed by atoms with Gasteiger partial charge in [-0.15, -0.1) is 0 Å². The molecule has 0 aromatic heterocycles. The molecule has 4 nitrogen and oxygen atoms in total. The summed E-state index contributed by atoms with van der Waals surface area (Å²) in [6.45, 7) is 3.59. The molecular weight excluding hydrogens is 339 g/mol. The fraction of sp³-hybridized carbons (Fsp3) is 0.562. The van der Waals surface area contributed by atoms with Gasteiger partial charge in [0.05, 0.1) is 6.61 Å². The topological polar surface area (TPSA) is 32.8 Å². The van der Waals surface area contributed by atoms with Crippen LogP contribution in [-0.4, -0.2) is 66.1 Å². The Kier molecular flexibility index (Phi) is 5.80. The van der Waals surface area contributed by atoms with Gasteiger partial charge < -0.3 is 9.64 Å². The summed E-state index contributed by atoms with van der Waals surface area (Å²) in [5, 5.41) is 0.424. The second-order valence-corrected chi connectivity index (χ2v) is 7.36. The van der Waals surface area contributed by atoms with Gasteiger partial charge in [0, 0.05) is 54.8 Å². The number of benzene rings is 1. The Balaban J connectivity index is 1.63. The van der Waals surface area contributed by atoms with Gasteiger partial charge in [-0.2, -0.15) is 11.8 Å². The van der Waals surface area contributed by atoms with E-state index in [1.54, 1.807) is 12.1 Å². The number of ether oxygens (including phenoxy) is 1. The molecule has 2 saturated heterocycles. The third kappa shape index (κ3) is 4.18. The number of nitrogens with zero attached hydrogens (tertiary/aromatic N) is 2. The van der Waals surface area contributed by atoms with E-state index in [1.807, 2.05) is 21.6 Å². The van der Waals surface area contributed by atoms with Gasteiger partial charge in [-0.1, -0.05) is 17.7 Å². The van der Waals surface area contributed by atoms with Crippen LogP contribution >= 0.6 is 23.4 Å². The van der Waals surface area contributed by atoms with Gasteiger partial charge in [-0.05, 0) is 12.1 Å². The fourth-order valence-corrected chi connectivity index (χ4v) is 4.02. The van der Waals surface area contributed by atoms with Crippen molar-refractivity contribution in [2.75, 3.05) is 44.3 Å². The summed E-state index contributed by atoms with van der Waals surface area (Å²) >= 11 is 7.96. The number of rotatable bonds is 3. The lowest BCUT2D eigenvalue weighted by Crippen LogP contribution is -2.52. The Morgan fingerprint density at radius 1 is 1.35 bits per heavy atom. The zero-order valence-corrected chi connectivity index (χ0v) is 14.4. The number of carbonyl (C=O) groups is 1.